The minimum absolute atomic E-state index is 0.131. The molecule has 0 atom stereocenters. The van der Waals surface area contributed by atoms with Gasteiger partial charge >= 0.3 is 0 Å². The average molecular weight is 218 g/mol. The molecule has 84 valence electrons. The summed E-state index contributed by atoms with van der Waals surface area (Å²) in [6, 6.07) is 9.60. The van der Waals surface area contributed by atoms with E-state index in [-0.39, 0.29) is 6.61 Å². The van der Waals surface area contributed by atoms with Crippen LogP contribution in [0.15, 0.2) is 47.3 Å². The maximum atomic E-state index is 8.93. The third-order valence-electron chi connectivity index (χ3n) is 2.33. The van der Waals surface area contributed by atoms with Crippen molar-refractivity contribution >= 4 is 0 Å². The summed E-state index contributed by atoms with van der Waals surface area (Å²) in [7, 11) is 0. The van der Waals surface area contributed by atoms with E-state index in [1.165, 1.54) is 0 Å². The van der Waals surface area contributed by atoms with Crippen molar-refractivity contribution in [3.8, 4) is 5.75 Å². The molecule has 1 heterocycles. The third-order valence-corrected chi connectivity index (χ3v) is 2.33. The molecule has 16 heavy (non-hydrogen) atoms. The first kappa shape index (κ1) is 10.8. The van der Waals surface area contributed by atoms with Crippen LogP contribution in [-0.2, 0) is 13.0 Å². The predicted molar refractivity (Wildman–Crippen MR) is 60.3 cm³/mol. The van der Waals surface area contributed by atoms with E-state index in [2.05, 4.69) is 0 Å². The van der Waals surface area contributed by atoms with Crippen LogP contribution in [-0.4, -0.2) is 11.7 Å². The van der Waals surface area contributed by atoms with Crippen LogP contribution in [0.25, 0.3) is 0 Å². The van der Waals surface area contributed by atoms with Gasteiger partial charge in [0.05, 0.1) is 12.5 Å². The van der Waals surface area contributed by atoms with Gasteiger partial charge in [-0.3, -0.25) is 0 Å². The molecule has 0 aliphatic heterocycles. The Balaban J connectivity index is 2.03. The fourth-order valence-corrected chi connectivity index (χ4v) is 1.51. The van der Waals surface area contributed by atoms with Crippen molar-refractivity contribution in [3.63, 3.8) is 0 Å². The Kier molecular flexibility index (Phi) is 3.62. The molecule has 0 radical (unpaired) electrons. The highest BCUT2D eigenvalue weighted by Crippen LogP contribution is 2.19. The Morgan fingerprint density at radius 3 is 2.81 bits per heavy atom. The summed E-state index contributed by atoms with van der Waals surface area (Å²) < 4.78 is 10.6. The van der Waals surface area contributed by atoms with Crippen molar-refractivity contribution < 1.29 is 14.3 Å². The molecule has 0 bridgehead atoms. The lowest BCUT2D eigenvalue weighted by Crippen LogP contribution is -1.99. The van der Waals surface area contributed by atoms with Gasteiger partial charge in [0, 0.05) is 12.2 Å². The van der Waals surface area contributed by atoms with Crippen LogP contribution in [0.1, 0.15) is 11.1 Å². The molecule has 0 saturated heterocycles. The summed E-state index contributed by atoms with van der Waals surface area (Å²) >= 11 is 0. The van der Waals surface area contributed by atoms with Crippen LogP contribution in [0.2, 0.25) is 0 Å². The summed E-state index contributed by atoms with van der Waals surface area (Å²) in [5, 5.41) is 8.93. The van der Waals surface area contributed by atoms with Crippen molar-refractivity contribution in [2.24, 2.45) is 0 Å². The minimum atomic E-state index is 0.131. The van der Waals surface area contributed by atoms with Gasteiger partial charge in [0.1, 0.15) is 12.4 Å². The number of ether oxygens (including phenoxy) is 1. The number of aliphatic hydroxyl groups excluding tert-OH is 1. The SMILES string of the molecule is OCCc1ccccc1OCc1ccoc1. The summed E-state index contributed by atoms with van der Waals surface area (Å²) in [5.41, 5.74) is 2.02. The zero-order valence-electron chi connectivity index (χ0n) is 8.93. The van der Waals surface area contributed by atoms with Crippen LogP contribution >= 0.6 is 0 Å². The minimum Gasteiger partial charge on any atom is -0.489 e. The van der Waals surface area contributed by atoms with E-state index in [1.807, 2.05) is 30.3 Å². The van der Waals surface area contributed by atoms with E-state index in [4.69, 9.17) is 14.3 Å². The van der Waals surface area contributed by atoms with Crippen LogP contribution in [0.4, 0.5) is 0 Å². The van der Waals surface area contributed by atoms with Crippen molar-refractivity contribution in [2.75, 3.05) is 6.61 Å². The van der Waals surface area contributed by atoms with Gasteiger partial charge in [-0.2, -0.15) is 0 Å². The fourth-order valence-electron chi connectivity index (χ4n) is 1.51. The number of para-hydroxylation sites is 1. The Morgan fingerprint density at radius 1 is 1.19 bits per heavy atom. The van der Waals surface area contributed by atoms with Gasteiger partial charge in [-0.1, -0.05) is 18.2 Å². The molecule has 0 amide bonds. The first-order chi connectivity index (χ1) is 7.90. The predicted octanol–water partition coefficient (Wildman–Crippen LogP) is 2.39. The number of hydrogen-bond donors (Lipinski definition) is 1. The highest BCUT2D eigenvalue weighted by atomic mass is 16.5. The molecular formula is C13H14O3. The lowest BCUT2D eigenvalue weighted by atomic mass is 10.1. The van der Waals surface area contributed by atoms with Crippen LogP contribution in [0.5, 0.6) is 5.75 Å². The van der Waals surface area contributed by atoms with Crippen LogP contribution < -0.4 is 4.74 Å². The first-order valence-electron chi connectivity index (χ1n) is 5.23. The van der Waals surface area contributed by atoms with Crippen molar-refractivity contribution in [2.45, 2.75) is 13.0 Å². The molecule has 3 nitrogen and oxygen atoms in total. The third kappa shape index (κ3) is 2.64. The van der Waals surface area contributed by atoms with Gasteiger partial charge in [-0.25, -0.2) is 0 Å². The Bertz CT molecular complexity index is 421. The largest absolute Gasteiger partial charge is 0.489 e. The summed E-state index contributed by atoms with van der Waals surface area (Å²) in [6.45, 7) is 0.616. The number of hydrogen-bond acceptors (Lipinski definition) is 3. The summed E-state index contributed by atoms with van der Waals surface area (Å²) in [5.74, 6) is 0.817. The molecule has 1 N–H and O–H groups in total. The van der Waals surface area contributed by atoms with E-state index < -0.39 is 0 Å². The Hall–Kier alpha value is -1.74. The van der Waals surface area contributed by atoms with E-state index in [0.29, 0.717) is 13.0 Å². The van der Waals surface area contributed by atoms with Gasteiger partial charge in [-0.15, -0.1) is 0 Å². The highest BCUT2D eigenvalue weighted by Gasteiger charge is 2.03. The molecule has 2 rings (SSSR count). The van der Waals surface area contributed by atoms with Crippen LogP contribution in [0.3, 0.4) is 0 Å². The number of benzene rings is 1. The highest BCUT2D eigenvalue weighted by molar-refractivity contribution is 5.33. The monoisotopic (exact) mass is 218 g/mol. The zero-order chi connectivity index (χ0) is 11.2. The average Bonchev–Trinajstić information content (AvgIpc) is 2.81. The quantitative estimate of drug-likeness (QED) is 0.837. The molecule has 0 saturated carbocycles. The molecule has 0 aliphatic carbocycles. The van der Waals surface area contributed by atoms with Crippen molar-refractivity contribution in [3.05, 3.63) is 54.0 Å². The second kappa shape index (κ2) is 5.37. The molecule has 2 aromatic rings. The smallest absolute Gasteiger partial charge is 0.123 e. The molecule has 1 aromatic carbocycles. The summed E-state index contributed by atoms with van der Waals surface area (Å²) in [6.07, 6.45) is 3.90. The van der Waals surface area contributed by atoms with E-state index >= 15 is 0 Å². The van der Waals surface area contributed by atoms with Gasteiger partial charge in [0.25, 0.3) is 0 Å². The molecule has 0 fully saturated rings. The van der Waals surface area contributed by atoms with Crippen molar-refractivity contribution in [1.82, 2.24) is 0 Å². The lowest BCUT2D eigenvalue weighted by Gasteiger charge is -2.09. The van der Waals surface area contributed by atoms with Crippen LogP contribution in [0, 0.1) is 0 Å². The normalized spacial score (nSPS) is 10.3. The molecule has 1 aromatic heterocycles. The molecule has 0 aliphatic rings. The zero-order valence-corrected chi connectivity index (χ0v) is 8.93. The van der Waals surface area contributed by atoms with Crippen molar-refractivity contribution in [1.29, 1.82) is 0 Å². The Labute approximate surface area is 94.3 Å². The topological polar surface area (TPSA) is 42.6 Å². The fraction of sp³-hybridized carbons (Fsp3) is 0.231. The standard InChI is InChI=1S/C13H14O3/c14-7-5-12-3-1-2-4-13(12)16-10-11-6-8-15-9-11/h1-4,6,8-9,14H,5,7,10H2. The Morgan fingerprint density at radius 2 is 2.06 bits per heavy atom. The second-order valence-corrected chi connectivity index (χ2v) is 3.50. The van der Waals surface area contributed by atoms with E-state index in [9.17, 15) is 0 Å². The molecule has 0 spiro atoms. The van der Waals surface area contributed by atoms with Gasteiger partial charge < -0.3 is 14.3 Å². The van der Waals surface area contributed by atoms with E-state index in [1.54, 1.807) is 12.5 Å². The molecule has 0 unspecified atom stereocenters. The first-order valence-corrected chi connectivity index (χ1v) is 5.23. The summed E-state index contributed by atoms with van der Waals surface area (Å²) in [4.78, 5) is 0. The maximum Gasteiger partial charge on any atom is 0.123 e. The van der Waals surface area contributed by atoms with Gasteiger partial charge in [0.15, 0.2) is 0 Å². The number of furan rings is 1. The van der Waals surface area contributed by atoms with E-state index in [0.717, 1.165) is 16.9 Å². The van der Waals surface area contributed by atoms with Gasteiger partial charge in [0.2, 0.25) is 0 Å². The number of aliphatic hydroxyl groups is 1. The molecular weight excluding hydrogens is 204 g/mol. The second-order valence-electron chi connectivity index (χ2n) is 3.50. The maximum absolute atomic E-state index is 8.93. The lowest BCUT2D eigenvalue weighted by molar-refractivity contribution is 0.283. The van der Waals surface area contributed by atoms with Gasteiger partial charge in [-0.05, 0) is 24.1 Å². The molecule has 3 heteroatoms. The number of rotatable bonds is 5.